The summed E-state index contributed by atoms with van der Waals surface area (Å²) in [4.78, 5) is 0. The molecule has 1 fully saturated rings. The highest BCUT2D eigenvalue weighted by molar-refractivity contribution is 5.60. The van der Waals surface area contributed by atoms with Gasteiger partial charge in [0.05, 0.1) is 0 Å². The Balaban J connectivity index is 1.73. The standard InChI is InChI=1S/C15H22N2O2/c1-10-8-14-15(19-7-6-18-14)9-13(10)17-12-4-2-11(16)3-5-12/h8-9,11-12,17H,2-7,16H2,1H3. The molecule has 4 heteroatoms. The third-order valence-corrected chi connectivity index (χ3v) is 4.02. The van der Waals surface area contributed by atoms with E-state index in [1.165, 1.54) is 5.56 Å². The minimum atomic E-state index is 0.388. The Morgan fingerprint density at radius 1 is 1.05 bits per heavy atom. The molecule has 3 rings (SSSR count). The van der Waals surface area contributed by atoms with E-state index in [0.29, 0.717) is 25.3 Å². The van der Waals surface area contributed by atoms with Gasteiger partial charge in [-0.25, -0.2) is 0 Å². The van der Waals surface area contributed by atoms with Gasteiger partial charge in [0.25, 0.3) is 0 Å². The second-order valence-corrected chi connectivity index (χ2v) is 5.57. The normalized spacial score (nSPS) is 26.0. The average Bonchev–Trinajstić information content (AvgIpc) is 2.42. The van der Waals surface area contributed by atoms with Crippen molar-refractivity contribution in [2.24, 2.45) is 5.73 Å². The summed E-state index contributed by atoms with van der Waals surface area (Å²) in [5.41, 5.74) is 8.31. The second kappa shape index (κ2) is 5.29. The molecule has 104 valence electrons. The Bertz CT molecular complexity index is 454. The van der Waals surface area contributed by atoms with Crippen LogP contribution in [0, 0.1) is 6.92 Å². The van der Waals surface area contributed by atoms with Gasteiger partial charge >= 0.3 is 0 Å². The molecule has 0 saturated heterocycles. The fourth-order valence-electron chi connectivity index (χ4n) is 2.83. The van der Waals surface area contributed by atoms with Crippen LogP contribution in [0.15, 0.2) is 12.1 Å². The highest BCUT2D eigenvalue weighted by Crippen LogP contribution is 2.36. The van der Waals surface area contributed by atoms with E-state index in [-0.39, 0.29) is 0 Å². The van der Waals surface area contributed by atoms with Gasteiger partial charge < -0.3 is 20.5 Å². The van der Waals surface area contributed by atoms with Gasteiger partial charge in [0, 0.05) is 23.8 Å². The Hall–Kier alpha value is -1.42. The van der Waals surface area contributed by atoms with Crippen LogP contribution in [0.3, 0.4) is 0 Å². The van der Waals surface area contributed by atoms with Gasteiger partial charge in [0.1, 0.15) is 13.2 Å². The van der Waals surface area contributed by atoms with Crippen LogP contribution >= 0.6 is 0 Å². The number of benzene rings is 1. The molecule has 1 aromatic carbocycles. The second-order valence-electron chi connectivity index (χ2n) is 5.57. The summed E-state index contributed by atoms with van der Waals surface area (Å²) in [5, 5.41) is 3.63. The van der Waals surface area contributed by atoms with E-state index in [1.54, 1.807) is 0 Å². The van der Waals surface area contributed by atoms with Crippen LogP contribution in [-0.4, -0.2) is 25.3 Å². The number of anilines is 1. The maximum absolute atomic E-state index is 5.95. The molecule has 0 spiro atoms. The molecule has 0 radical (unpaired) electrons. The maximum atomic E-state index is 5.95. The van der Waals surface area contributed by atoms with Gasteiger partial charge in [0.15, 0.2) is 11.5 Å². The molecule has 1 heterocycles. The summed E-state index contributed by atoms with van der Waals surface area (Å²) >= 11 is 0. The van der Waals surface area contributed by atoms with E-state index < -0.39 is 0 Å². The molecule has 2 aliphatic rings. The molecule has 0 bridgehead atoms. The van der Waals surface area contributed by atoms with E-state index in [0.717, 1.165) is 42.9 Å². The first kappa shape index (κ1) is 12.6. The molecule has 3 N–H and O–H groups in total. The van der Waals surface area contributed by atoms with Crippen LogP contribution < -0.4 is 20.5 Å². The van der Waals surface area contributed by atoms with Crippen LogP contribution in [0.25, 0.3) is 0 Å². The van der Waals surface area contributed by atoms with E-state index in [9.17, 15) is 0 Å². The van der Waals surface area contributed by atoms with Crippen molar-refractivity contribution in [3.63, 3.8) is 0 Å². The van der Waals surface area contributed by atoms with Crippen molar-refractivity contribution in [3.8, 4) is 11.5 Å². The monoisotopic (exact) mass is 262 g/mol. The number of nitrogens with two attached hydrogens (primary N) is 1. The molecule has 4 nitrogen and oxygen atoms in total. The summed E-state index contributed by atoms with van der Waals surface area (Å²) < 4.78 is 11.2. The lowest BCUT2D eigenvalue weighted by atomic mass is 9.91. The number of hydrogen-bond donors (Lipinski definition) is 2. The zero-order chi connectivity index (χ0) is 13.2. The summed E-state index contributed by atoms with van der Waals surface area (Å²) in [5.74, 6) is 1.71. The number of nitrogens with one attached hydrogen (secondary N) is 1. The van der Waals surface area contributed by atoms with Gasteiger partial charge in [-0.2, -0.15) is 0 Å². The zero-order valence-corrected chi connectivity index (χ0v) is 11.4. The summed E-state index contributed by atoms with van der Waals surface area (Å²) in [6, 6.07) is 5.05. The molecule has 0 amide bonds. The SMILES string of the molecule is Cc1cc2c(cc1NC1CCC(N)CC1)OCCO2. The summed E-state index contributed by atoms with van der Waals surface area (Å²) in [6.45, 7) is 3.38. The third-order valence-electron chi connectivity index (χ3n) is 4.02. The fourth-order valence-corrected chi connectivity index (χ4v) is 2.83. The molecule has 0 aromatic heterocycles. The fraction of sp³-hybridized carbons (Fsp3) is 0.600. The van der Waals surface area contributed by atoms with Crippen LogP contribution in [0.2, 0.25) is 0 Å². The molecule has 19 heavy (non-hydrogen) atoms. The predicted molar refractivity (Wildman–Crippen MR) is 76.0 cm³/mol. The number of hydrogen-bond acceptors (Lipinski definition) is 4. The van der Waals surface area contributed by atoms with E-state index in [1.807, 2.05) is 0 Å². The van der Waals surface area contributed by atoms with Crippen LogP contribution in [0.5, 0.6) is 11.5 Å². The molecule has 1 aromatic rings. The smallest absolute Gasteiger partial charge is 0.163 e. The van der Waals surface area contributed by atoms with Crippen LogP contribution in [-0.2, 0) is 0 Å². The highest BCUT2D eigenvalue weighted by atomic mass is 16.6. The van der Waals surface area contributed by atoms with E-state index in [4.69, 9.17) is 15.2 Å². The maximum Gasteiger partial charge on any atom is 0.163 e. The van der Waals surface area contributed by atoms with Crippen molar-refractivity contribution in [2.75, 3.05) is 18.5 Å². The highest BCUT2D eigenvalue weighted by Gasteiger charge is 2.20. The first-order valence-corrected chi connectivity index (χ1v) is 7.15. The van der Waals surface area contributed by atoms with Crippen molar-refractivity contribution < 1.29 is 9.47 Å². The number of rotatable bonds is 2. The average molecular weight is 262 g/mol. The minimum absolute atomic E-state index is 0.388. The van der Waals surface area contributed by atoms with Gasteiger partial charge in [-0.15, -0.1) is 0 Å². The van der Waals surface area contributed by atoms with E-state index in [2.05, 4.69) is 24.4 Å². The third kappa shape index (κ3) is 2.78. The molecule has 0 atom stereocenters. The summed E-state index contributed by atoms with van der Waals surface area (Å²) in [6.07, 6.45) is 4.52. The first-order chi connectivity index (χ1) is 9.22. The number of aryl methyl sites for hydroxylation is 1. The molecular formula is C15H22N2O2. The quantitative estimate of drug-likeness (QED) is 0.859. The lowest BCUT2D eigenvalue weighted by molar-refractivity contribution is 0.171. The number of ether oxygens (including phenoxy) is 2. The topological polar surface area (TPSA) is 56.5 Å². The molecular weight excluding hydrogens is 240 g/mol. The lowest BCUT2D eigenvalue weighted by Gasteiger charge is -2.29. The first-order valence-electron chi connectivity index (χ1n) is 7.15. The predicted octanol–water partition coefficient (Wildman–Crippen LogP) is 2.45. The Labute approximate surface area is 114 Å². The van der Waals surface area contributed by atoms with Crippen molar-refractivity contribution in [2.45, 2.75) is 44.7 Å². The zero-order valence-electron chi connectivity index (χ0n) is 11.4. The summed E-state index contributed by atoms with van der Waals surface area (Å²) in [7, 11) is 0. The van der Waals surface area contributed by atoms with Crippen molar-refractivity contribution in [3.05, 3.63) is 17.7 Å². The van der Waals surface area contributed by atoms with Crippen molar-refractivity contribution >= 4 is 5.69 Å². The van der Waals surface area contributed by atoms with Gasteiger partial charge in [-0.3, -0.25) is 0 Å². The van der Waals surface area contributed by atoms with Crippen LogP contribution in [0.1, 0.15) is 31.2 Å². The van der Waals surface area contributed by atoms with Crippen molar-refractivity contribution in [1.82, 2.24) is 0 Å². The molecule has 1 aliphatic carbocycles. The van der Waals surface area contributed by atoms with Gasteiger partial charge in [-0.1, -0.05) is 0 Å². The Morgan fingerprint density at radius 2 is 1.68 bits per heavy atom. The Kier molecular flexibility index (Phi) is 3.51. The minimum Gasteiger partial charge on any atom is -0.486 e. The van der Waals surface area contributed by atoms with Gasteiger partial charge in [-0.05, 0) is 44.2 Å². The largest absolute Gasteiger partial charge is 0.486 e. The molecule has 0 unspecified atom stereocenters. The Morgan fingerprint density at radius 3 is 2.37 bits per heavy atom. The van der Waals surface area contributed by atoms with Gasteiger partial charge in [0.2, 0.25) is 0 Å². The molecule has 1 aliphatic heterocycles. The van der Waals surface area contributed by atoms with E-state index >= 15 is 0 Å². The number of fused-ring (bicyclic) bond motifs is 1. The van der Waals surface area contributed by atoms with Crippen LogP contribution in [0.4, 0.5) is 5.69 Å². The van der Waals surface area contributed by atoms with Crippen molar-refractivity contribution in [1.29, 1.82) is 0 Å². The lowest BCUT2D eigenvalue weighted by Crippen LogP contribution is -2.33. The molecule has 1 saturated carbocycles.